The smallest absolute Gasteiger partial charge is 0.233 e. The Morgan fingerprint density at radius 2 is 2.10 bits per heavy atom. The van der Waals surface area contributed by atoms with Crippen LogP contribution in [0.3, 0.4) is 0 Å². The van der Waals surface area contributed by atoms with Crippen LogP contribution in [-0.2, 0) is 4.79 Å². The molecule has 2 fully saturated rings. The van der Waals surface area contributed by atoms with Gasteiger partial charge in [-0.05, 0) is 31.6 Å². The number of thioether (sulfide) groups is 1. The van der Waals surface area contributed by atoms with Crippen LogP contribution >= 0.6 is 23.1 Å². The van der Waals surface area contributed by atoms with Gasteiger partial charge in [-0.2, -0.15) is 0 Å². The zero-order chi connectivity index (χ0) is 13.9. The first-order chi connectivity index (χ1) is 9.74. The summed E-state index contributed by atoms with van der Waals surface area (Å²) in [5.74, 6) is 1.45. The summed E-state index contributed by atoms with van der Waals surface area (Å²) in [6, 6.07) is 0.491. The van der Waals surface area contributed by atoms with Gasteiger partial charge in [0.1, 0.15) is 0 Å². The van der Waals surface area contributed by atoms with E-state index in [1.54, 1.807) is 0 Å². The van der Waals surface area contributed by atoms with Gasteiger partial charge in [-0.25, -0.2) is 0 Å². The molecule has 110 valence electrons. The van der Waals surface area contributed by atoms with E-state index in [4.69, 9.17) is 5.73 Å². The highest BCUT2D eigenvalue weighted by atomic mass is 32.2. The van der Waals surface area contributed by atoms with E-state index < -0.39 is 0 Å². The summed E-state index contributed by atoms with van der Waals surface area (Å²) in [5, 5.41) is 8.19. The van der Waals surface area contributed by atoms with Crippen LogP contribution in [0.25, 0.3) is 0 Å². The maximum Gasteiger partial charge on any atom is 0.233 e. The highest BCUT2D eigenvalue weighted by Crippen LogP contribution is 2.35. The van der Waals surface area contributed by atoms with Crippen LogP contribution in [0.1, 0.15) is 38.5 Å². The Bertz CT molecular complexity index is 477. The van der Waals surface area contributed by atoms with Gasteiger partial charge in [0.2, 0.25) is 11.0 Å². The van der Waals surface area contributed by atoms with Gasteiger partial charge in [0, 0.05) is 12.6 Å². The minimum absolute atomic E-state index is 0.250. The Morgan fingerprint density at radius 1 is 1.30 bits per heavy atom. The fourth-order valence-electron chi connectivity index (χ4n) is 3.42. The summed E-state index contributed by atoms with van der Waals surface area (Å²) in [5.41, 5.74) is 5.55. The number of aromatic nitrogens is 2. The Morgan fingerprint density at radius 3 is 2.90 bits per heavy atom. The second-order valence-electron chi connectivity index (χ2n) is 5.54. The largest absolute Gasteiger partial charge is 0.374 e. The normalized spacial score (nSPS) is 26.3. The Kier molecular flexibility index (Phi) is 4.45. The van der Waals surface area contributed by atoms with Gasteiger partial charge in [-0.3, -0.25) is 4.79 Å². The van der Waals surface area contributed by atoms with Crippen molar-refractivity contribution in [1.29, 1.82) is 0 Å². The molecule has 1 aliphatic heterocycles. The highest BCUT2D eigenvalue weighted by molar-refractivity contribution is 8.01. The van der Waals surface area contributed by atoms with Gasteiger partial charge in [-0.1, -0.05) is 35.9 Å². The number of hydrogen-bond donors (Lipinski definition) is 1. The third kappa shape index (κ3) is 3.09. The van der Waals surface area contributed by atoms with Crippen molar-refractivity contribution in [3.05, 3.63) is 0 Å². The topological polar surface area (TPSA) is 72.1 Å². The standard InChI is InChI=1S/C13H20N4OS2/c14-12-15-16-13(20-12)19-8-11(18)17-7-3-5-9-4-1-2-6-10(9)17/h9-10H,1-8H2,(H2,14,15)/t9-,10+/m0/s1. The van der Waals surface area contributed by atoms with Gasteiger partial charge in [0.25, 0.3) is 0 Å². The average Bonchev–Trinajstić information content (AvgIpc) is 2.90. The molecule has 1 aromatic heterocycles. The van der Waals surface area contributed by atoms with E-state index in [0.29, 0.717) is 16.9 Å². The summed E-state index contributed by atoms with van der Waals surface area (Å²) < 4.78 is 0.785. The molecule has 0 unspecified atom stereocenters. The molecule has 0 bridgehead atoms. The van der Waals surface area contributed by atoms with Gasteiger partial charge in [-0.15, -0.1) is 10.2 Å². The van der Waals surface area contributed by atoms with E-state index in [1.165, 1.54) is 55.2 Å². The molecule has 20 heavy (non-hydrogen) atoms. The van der Waals surface area contributed by atoms with Crippen molar-refractivity contribution in [2.45, 2.75) is 48.9 Å². The third-order valence-corrected chi connectivity index (χ3v) is 6.18. The number of nitrogen functional groups attached to an aromatic ring is 1. The Hall–Kier alpha value is -0.820. The number of amides is 1. The van der Waals surface area contributed by atoms with Crippen molar-refractivity contribution in [3.8, 4) is 0 Å². The third-order valence-electron chi connectivity index (χ3n) is 4.30. The van der Waals surface area contributed by atoms with Crippen LogP contribution < -0.4 is 5.73 Å². The molecular formula is C13H20N4OS2. The molecule has 2 N–H and O–H groups in total. The molecule has 0 radical (unpaired) electrons. The van der Waals surface area contributed by atoms with Crippen LogP contribution in [0, 0.1) is 5.92 Å². The summed E-state index contributed by atoms with van der Waals surface area (Å²) in [4.78, 5) is 14.6. The van der Waals surface area contributed by atoms with E-state index in [1.807, 2.05) is 0 Å². The molecule has 2 heterocycles. The van der Waals surface area contributed by atoms with Crippen LogP contribution in [-0.4, -0.2) is 39.3 Å². The monoisotopic (exact) mass is 312 g/mol. The summed E-state index contributed by atoms with van der Waals surface area (Å²) in [6.07, 6.45) is 7.55. The minimum atomic E-state index is 0.250. The van der Waals surface area contributed by atoms with Crippen LogP contribution in [0.5, 0.6) is 0 Å². The summed E-state index contributed by atoms with van der Waals surface area (Å²) in [7, 11) is 0. The molecule has 2 aliphatic rings. The minimum Gasteiger partial charge on any atom is -0.374 e. The molecular weight excluding hydrogens is 292 g/mol. The van der Waals surface area contributed by atoms with Gasteiger partial charge in [0.15, 0.2) is 4.34 Å². The van der Waals surface area contributed by atoms with Gasteiger partial charge < -0.3 is 10.6 Å². The van der Waals surface area contributed by atoms with Crippen molar-refractivity contribution in [1.82, 2.24) is 15.1 Å². The second-order valence-corrected chi connectivity index (χ2v) is 7.77. The SMILES string of the molecule is Nc1nnc(SCC(=O)N2CCC[C@@H]3CCCC[C@H]32)s1. The lowest BCUT2D eigenvalue weighted by atomic mass is 9.78. The van der Waals surface area contributed by atoms with E-state index in [9.17, 15) is 4.79 Å². The van der Waals surface area contributed by atoms with E-state index >= 15 is 0 Å². The molecule has 7 heteroatoms. The molecule has 1 aliphatic carbocycles. The number of likely N-dealkylation sites (tertiary alicyclic amines) is 1. The molecule has 1 saturated carbocycles. The Labute approximate surface area is 127 Å². The van der Waals surface area contributed by atoms with Crippen molar-refractivity contribution in [2.75, 3.05) is 18.0 Å². The molecule has 1 saturated heterocycles. The average molecular weight is 312 g/mol. The maximum atomic E-state index is 12.5. The zero-order valence-corrected chi connectivity index (χ0v) is 13.1. The van der Waals surface area contributed by atoms with E-state index in [-0.39, 0.29) is 5.91 Å². The lowest BCUT2D eigenvalue weighted by molar-refractivity contribution is -0.134. The van der Waals surface area contributed by atoms with Crippen molar-refractivity contribution < 1.29 is 4.79 Å². The molecule has 0 spiro atoms. The van der Waals surface area contributed by atoms with Crippen LogP contribution in [0.15, 0.2) is 4.34 Å². The number of anilines is 1. The van der Waals surface area contributed by atoms with E-state index in [2.05, 4.69) is 15.1 Å². The predicted octanol–water partition coefficient (Wildman–Crippen LogP) is 2.39. The number of rotatable bonds is 3. The molecule has 1 aromatic rings. The quantitative estimate of drug-likeness (QED) is 0.868. The summed E-state index contributed by atoms with van der Waals surface area (Å²) >= 11 is 2.80. The highest BCUT2D eigenvalue weighted by Gasteiger charge is 2.35. The maximum absolute atomic E-state index is 12.5. The number of fused-ring (bicyclic) bond motifs is 1. The second kappa shape index (κ2) is 6.30. The number of piperidine rings is 1. The number of carbonyl (C=O) groups is 1. The van der Waals surface area contributed by atoms with Gasteiger partial charge >= 0.3 is 0 Å². The van der Waals surface area contributed by atoms with Crippen LogP contribution in [0.2, 0.25) is 0 Å². The van der Waals surface area contributed by atoms with E-state index in [0.717, 1.165) is 23.2 Å². The number of hydrogen-bond acceptors (Lipinski definition) is 6. The number of carbonyl (C=O) groups excluding carboxylic acids is 1. The first-order valence-electron chi connectivity index (χ1n) is 7.25. The van der Waals surface area contributed by atoms with Gasteiger partial charge in [0.05, 0.1) is 5.75 Å². The number of nitrogens with zero attached hydrogens (tertiary/aromatic N) is 3. The zero-order valence-electron chi connectivity index (χ0n) is 11.5. The summed E-state index contributed by atoms with van der Waals surface area (Å²) in [6.45, 7) is 0.929. The fraction of sp³-hybridized carbons (Fsp3) is 0.769. The van der Waals surface area contributed by atoms with Crippen LogP contribution in [0.4, 0.5) is 5.13 Å². The molecule has 1 amide bonds. The lowest BCUT2D eigenvalue weighted by Gasteiger charge is -2.44. The number of nitrogens with two attached hydrogens (primary N) is 1. The molecule has 2 atom stereocenters. The first kappa shape index (κ1) is 14.1. The molecule has 3 rings (SSSR count). The molecule has 5 nitrogen and oxygen atoms in total. The van der Waals surface area contributed by atoms with Crippen molar-refractivity contribution in [3.63, 3.8) is 0 Å². The fourth-order valence-corrected chi connectivity index (χ4v) is 4.94. The lowest BCUT2D eigenvalue weighted by Crippen LogP contribution is -2.50. The first-order valence-corrected chi connectivity index (χ1v) is 9.05. The predicted molar refractivity (Wildman–Crippen MR) is 81.7 cm³/mol. The molecule has 0 aromatic carbocycles. The van der Waals surface area contributed by atoms with Crippen molar-refractivity contribution >= 4 is 34.1 Å². The Balaban J connectivity index is 1.58. The van der Waals surface area contributed by atoms with Crippen molar-refractivity contribution in [2.24, 2.45) is 5.92 Å².